The average Bonchev–Trinajstić information content (AvgIpc) is 2.45. The highest BCUT2D eigenvalue weighted by Gasteiger charge is 2.06. The van der Waals surface area contributed by atoms with Gasteiger partial charge >= 0.3 is 0 Å². The molecule has 1 aromatic heterocycles. The number of pyridine rings is 1. The Morgan fingerprint density at radius 3 is 2.80 bits per heavy atom. The lowest BCUT2D eigenvalue weighted by atomic mass is 10.3. The second-order valence-corrected chi connectivity index (χ2v) is 4.33. The van der Waals surface area contributed by atoms with Crippen molar-refractivity contribution in [2.75, 3.05) is 11.9 Å². The van der Waals surface area contributed by atoms with Gasteiger partial charge in [0, 0.05) is 24.5 Å². The number of hydrogen-bond donors (Lipinski definition) is 1. The number of halogens is 2. The van der Waals surface area contributed by atoms with Gasteiger partial charge in [-0.15, -0.1) is 0 Å². The Bertz CT molecular complexity index is 576. The number of nitrogens with one attached hydrogen (secondary N) is 1. The van der Waals surface area contributed by atoms with Gasteiger partial charge in [-0.2, -0.15) is 0 Å². The molecule has 1 heterocycles. The fourth-order valence-electron chi connectivity index (χ4n) is 1.68. The molecule has 20 heavy (non-hydrogen) atoms. The molecule has 0 aliphatic carbocycles. The summed E-state index contributed by atoms with van der Waals surface area (Å²) in [7, 11) is 0. The molecule has 106 valence electrons. The van der Waals surface area contributed by atoms with Crippen LogP contribution in [0.5, 0.6) is 5.75 Å². The molecule has 0 radical (unpaired) electrons. The first kappa shape index (κ1) is 14.2. The normalized spacial score (nSPS) is 10.3. The number of hydrogen-bond acceptors (Lipinski definition) is 3. The molecule has 0 saturated heterocycles. The van der Waals surface area contributed by atoms with Crippen molar-refractivity contribution in [3.8, 4) is 5.75 Å². The topological polar surface area (TPSA) is 34.2 Å². The van der Waals surface area contributed by atoms with Gasteiger partial charge < -0.3 is 10.1 Å². The predicted molar refractivity (Wildman–Crippen MR) is 73.7 cm³/mol. The lowest BCUT2D eigenvalue weighted by molar-refractivity contribution is 0.285. The fraction of sp³-hybridized carbons (Fsp3) is 0.267. The molecule has 0 fully saturated rings. The van der Waals surface area contributed by atoms with E-state index in [2.05, 4.69) is 17.2 Å². The van der Waals surface area contributed by atoms with E-state index in [9.17, 15) is 8.78 Å². The molecule has 1 N–H and O–H groups in total. The van der Waals surface area contributed by atoms with E-state index in [4.69, 9.17) is 4.74 Å². The molecule has 3 nitrogen and oxygen atoms in total. The number of rotatable bonds is 6. The van der Waals surface area contributed by atoms with Gasteiger partial charge in [0.2, 0.25) is 0 Å². The summed E-state index contributed by atoms with van der Waals surface area (Å²) in [5, 5.41) is 3.23. The Balaban J connectivity index is 1.99. The van der Waals surface area contributed by atoms with Crippen LogP contribution in [0.1, 0.15) is 19.0 Å². The van der Waals surface area contributed by atoms with Crippen LogP contribution >= 0.6 is 0 Å². The third-order valence-electron chi connectivity index (χ3n) is 2.67. The first-order valence-corrected chi connectivity index (χ1v) is 6.45. The van der Waals surface area contributed by atoms with Crippen LogP contribution in [0.15, 0.2) is 36.5 Å². The van der Waals surface area contributed by atoms with Gasteiger partial charge in [0.05, 0.1) is 5.69 Å². The van der Waals surface area contributed by atoms with E-state index in [0.717, 1.165) is 30.8 Å². The first-order valence-electron chi connectivity index (χ1n) is 6.45. The summed E-state index contributed by atoms with van der Waals surface area (Å²) in [6.07, 6.45) is 2.69. The summed E-state index contributed by atoms with van der Waals surface area (Å²) in [6, 6.07) is 6.92. The Morgan fingerprint density at radius 1 is 1.20 bits per heavy atom. The maximum absolute atomic E-state index is 13.4. The predicted octanol–water partition coefficient (Wildman–Crippen LogP) is 3.76. The minimum atomic E-state index is -0.717. The minimum Gasteiger partial charge on any atom is -0.484 e. The molecular weight excluding hydrogens is 262 g/mol. The van der Waals surface area contributed by atoms with Crippen LogP contribution in [-0.2, 0) is 6.61 Å². The molecule has 0 aliphatic heterocycles. The standard InChI is InChI=1S/C15H16F2N2O/c1-2-6-18-12-5-7-19-13(9-12)10-20-15-4-3-11(16)8-14(15)17/h3-5,7-9H,2,6,10H2,1H3,(H,18,19). The van der Waals surface area contributed by atoms with Crippen LogP contribution < -0.4 is 10.1 Å². The molecule has 0 saturated carbocycles. The molecule has 1 aromatic carbocycles. The van der Waals surface area contributed by atoms with Crippen LogP contribution in [0.4, 0.5) is 14.5 Å². The zero-order valence-corrected chi connectivity index (χ0v) is 11.2. The van der Waals surface area contributed by atoms with Crippen molar-refractivity contribution in [3.63, 3.8) is 0 Å². The molecule has 0 spiro atoms. The molecule has 2 aromatic rings. The van der Waals surface area contributed by atoms with Crippen LogP contribution in [0, 0.1) is 11.6 Å². The van der Waals surface area contributed by atoms with E-state index < -0.39 is 11.6 Å². The van der Waals surface area contributed by atoms with E-state index >= 15 is 0 Å². The Hall–Kier alpha value is -2.17. The molecule has 0 bridgehead atoms. The number of anilines is 1. The van der Waals surface area contributed by atoms with E-state index in [1.807, 2.05) is 12.1 Å². The van der Waals surface area contributed by atoms with Crippen LogP contribution in [0.2, 0.25) is 0 Å². The maximum Gasteiger partial charge on any atom is 0.167 e. The maximum atomic E-state index is 13.4. The van der Waals surface area contributed by atoms with Gasteiger partial charge in [0.15, 0.2) is 11.6 Å². The van der Waals surface area contributed by atoms with Crippen molar-refractivity contribution in [2.24, 2.45) is 0 Å². The van der Waals surface area contributed by atoms with Gasteiger partial charge in [-0.3, -0.25) is 4.98 Å². The van der Waals surface area contributed by atoms with Crippen LogP contribution in [-0.4, -0.2) is 11.5 Å². The highest BCUT2D eigenvalue weighted by molar-refractivity contribution is 5.43. The monoisotopic (exact) mass is 278 g/mol. The second kappa shape index (κ2) is 6.84. The average molecular weight is 278 g/mol. The largest absolute Gasteiger partial charge is 0.484 e. The van der Waals surface area contributed by atoms with Crippen molar-refractivity contribution in [1.82, 2.24) is 4.98 Å². The zero-order chi connectivity index (χ0) is 14.4. The third-order valence-corrected chi connectivity index (χ3v) is 2.67. The van der Waals surface area contributed by atoms with Crippen molar-refractivity contribution in [1.29, 1.82) is 0 Å². The molecule has 5 heteroatoms. The van der Waals surface area contributed by atoms with Gasteiger partial charge in [0.25, 0.3) is 0 Å². The molecule has 2 rings (SSSR count). The molecular formula is C15H16F2N2O. The smallest absolute Gasteiger partial charge is 0.167 e. The summed E-state index contributed by atoms with van der Waals surface area (Å²) in [5.41, 5.74) is 1.62. The van der Waals surface area contributed by atoms with E-state index in [-0.39, 0.29) is 12.4 Å². The first-order chi connectivity index (χ1) is 9.69. The summed E-state index contributed by atoms with van der Waals surface area (Å²) in [4.78, 5) is 4.15. The number of nitrogens with zero attached hydrogens (tertiary/aromatic N) is 1. The molecule has 0 unspecified atom stereocenters. The lowest BCUT2D eigenvalue weighted by Crippen LogP contribution is -2.03. The highest BCUT2D eigenvalue weighted by Crippen LogP contribution is 2.19. The van der Waals surface area contributed by atoms with Gasteiger partial charge in [-0.05, 0) is 30.7 Å². The van der Waals surface area contributed by atoms with Crippen molar-refractivity contribution >= 4 is 5.69 Å². The fourth-order valence-corrected chi connectivity index (χ4v) is 1.68. The molecule has 0 atom stereocenters. The summed E-state index contributed by atoms with van der Waals surface area (Å²) in [5.74, 6) is -1.33. The number of aromatic nitrogens is 1. The Labute approximate surface area is 116 Å². The van der Waals surface area contributed by atoms with E-state index in [0.29, 0.717) is 5.69 Å². The van der Waals surface area contributed by atoms with E-state index in [1.54, 1.807) is 6.20 Å². The van der Waals surface area contributed by atoms with Crippen molar-refractivity contribution < 1.29 is 13.5 Å². The Kier molecular flexibility index (Phi) is 4.87. The van der Waals surface area contributed by atoms with Gasteiger partial charge in [0.1, 0.15) is 12.4 Å². The SMILES string of the molecule is CCCNc1ccnc(COc2ccc(F)cc2F)c1. The van der Waals surface area contributed by atoms with Crippen molar-refractivity contribution in [3.05, 3.63) is 53.9 Å². The Morgan fingerprint density at radius 2 is 2.05 bits per heavy atom. The third kappa shape index (κ3) is 3.91. The minimum absolute atomic E-state index is 0.0140. The van der Waals surface area contributed by atoms with E-state index in [1.165, 1.54) is 6.07 Å². The van der Waals surface area contributed by atoms with Crippen molar-refractivity contribution in [2.45, 2.75) is 20.0 Å². The molecule has 0 aliphatic rings. The number of benzene rings is 1. The summed E-state index contributed by atoms with van der Waals surface area (Å²) >= 11 is 0. The van der Waals surface area contributed by atoms with Gasteiger partial charge in [-0.1, -0.05) is 6.92 Å². The van der Waals surface area contributed by atoms with Gasteiger partial charge in [-0.25, -0.2) is 8.78 Å². The highest BCUT2D eigenvalue weighted by atomic mass is 19.1. The van der Waals surface area contributed by atoms with Crippen LogP contribution in [0.25, 0.3) is 0 Å². The lowest BCUT2D eigenvalue weighted by Gasteiger charge is -2.09. The van der Waals surface area contributed by atoms with Crippen LogP contribution in [0.3, 0.4) is 0 Å². The zero-order valence-electron chi connectivity index (χ0n) is 11.2. The molecule has 0 amide bonds. The quantitative estimate of drug-likeness (QED) is 0.873. The summed E-state index contributed by atoms with van der Waals surface area (Å²) in [6.45, 7) is 3.08. The summed E-state index contributed by atoms with van der Waals surface area (Å²) < 4.78 is 31.5. The number of ether oxygens (including phenoxy) is 1. The second-order valence-electron chi connectivity index (χ2n) is 4.33.